The molecule has 0 amide bonds. The molecule has 1 aliphatic heterocycles. The van der Waals surface area contributed by atoms with E-state index in [0.717, 1.165) is 31.6 Å². The first-order valence-electron chi connectivity index (χ1n) is 6.73. The Hall–Kier alpha value is -1.26. The molecular weight excluding hydrogens is 242 g/mol. The smallest absolute Gasteiger partial charge is 0.160 e. The number of aromatic hydroxyl groups is 1. The standard InChI is InChI=1S/C15H23NO3/c1-15(2)9-12(6-7-19-15)16-10-11-4-5-13(17)14(8-11)18-3/h4-5,8,12,16-17H,6-7,9-10H2,1-3H3/t12-/m1/s1. The Balaban J connectivity index is 1.91. The van der Waals surface area contributed by atoms with Crippen LogP contribution in [0.15, 0.2) is 18.2 Å². The lowest BCUT2D eigenvalue weighted by Crippen LogP contribution is -2.43. The summed E-state index contributed by atoms with van der Waals surface area (Å²) in [7, 11) is 1.56. The number of hydrogen-bond donors (Lipinski definition) is 2. The molecule has 1 heterocycles. The Kier molecular flexibility index (Phi) is 4.32. The summed E-state index contributed by atoms with van der Waals surface area (Å²) < 4.78 is 10.8. The predicted octanol–water partition coefficient (Wildman–Crippen LogP) is 2.45. The fraction of sp³-hybridized carbons (Fsp3) is 0.600. The summed E-state index contributed by atoms with van der Waals surface area (Å²) in [6.45, 7) is 5.84. The molecule has 0 radical (unpaired) electrons. The van der Waals surface area contributed by atoms with Gasteiger partial charge in [0, 0.05) is 19.2 Å². The van der Waals surface area contributed by atoms with Gasteiger partial charge in [0.15, 0.2) is 11.5 Å². The summed E-state index contributed by atoms with van der Waals surface area (Å²) >= 11 is 0. The summed E-state index contributed by atoms with van der Waals surface area (Å²) in [6, 6.07) is 5.93. The SMILES string of the molecule is COc1cc(CN[C@@H]2CCOC(C)(C)C2)ccc1O. The Morgan fingerprint density at radius 2 is 2.26 bits per heavy atom. The highest BCUT2D eigenvalue weighted by molar-refractivity contribution is 5.41. The molecule has 4 nitrogen and oxygen atoms in total. The summed E-state index contributed by atoms with van der Waals surface area (Å²) in [5, 5.41) is 13.1. The monoisotopic (exact) mass is 265 g/mol. The molecule has 0 aliphatic carbocycles. The third kappa shape index (κ3) is 3.85. The topological polar surface area (TPSA) is 50.7 Å². The van der Waals surface area contributed by atoms with Crippen LogP contribution in [0.1, 0.15) is 32.3 Å². The Bertz CT molecular complexity index is 431. The lowest BCUT2D eigenvalue weighted by Gasteiger charge is -2.36. The maximum absolute atomic E-state index is 9.56. The van der Waals surface area contributed by atoms with Crippen LogP contribution in [0, 0.1) is 0 Å². The molecule has 1 aromatic carbocycles. The number of methoxy groups -OCH3 is 1. The van der Waals surface area contributed by atoms with E-state index in [4.69, 9.17) is 9.47 Å². The van der Waals surface area contributed by atoms with E-state index in [0.29, 0.717) is 11.8 Å². The molecule has 1 aliphatic rings. The Morgan fingerprint density at radius 3 is 2.95 bits per heavy atom. The van der Waals surface area contributed by atoms with E-state index in [9.17, 15) is 5.11 Å². The van der Waals surface area contributed by atoms with Gasteiger partial charge in [-0.05, 0) is 44.4 Å². The average Bonchev–Trinajstić information content (AvgIpc) is 2.36. The molecule has 1 saturated heterocycles. The normalized spacial score (nSPS) is 22.2. The molecule has 19 heavy (non-hydrogen) atoms. The van der Waals surface area contributed by atoms with Gasteiger partial charge in [0.2, 0.25) is 0 Å². The third-order valence-electron chi connectivity index (χ3n) is 3.54. The lowest BCUT2D eigenvalue weighted by atomic mass is 9.94. The van der Waals surface area contributed by atoms with E-state index in [1.54, 1.807) is 13.2 Å². The number of phenols is 1. The molecular formula is C15H23NO3. The molecule has 0 aromatic heterocycles. The van der Waals surface area contributed by atoms with Crippen molar-refractivity contribution in [2.75, 3.05) is 13.7 Å². The van der Waals surface area contributed by atoms with E-state index in [-0.39, 0.29) is 11.4 Å². The maximum Gasteiger partial charge on any atom is 0.160 e. The van der Waals surface area contributed by atoms with Crippen LogP contribution < -0.4 is 10.1 Å². The van der Waals surface area contributed by atoms with Gasteiger partial charge in [-0.1, -0.05) is 6.07 Å². The number of hydrogen-bond acceptors (Lipinski definition) is 4. The Labute approximate surface area is 114 Å². The zero-order chi connectivity index (χ0) is 13.9. The zero-order valence-corrected chi connectivity index (χ0v) is 11.9. The molecule has 0 unspecified atom stereocenters. The summed E-state index contributed by atoms with van der Waals surface area (Å²) in [6.07, 6.45) is 2.06. The van der Waals surface area contributed by atoms with Crippen molar-refractivity contribution in [1.82, 2.24) is 5.32 Å². The molecule has 0 spiro atoms. The van der Waals surface area contributed by atoms with Crippen molar-refractivity contribution < 1.29 is 14.6 Å². The first-order chi connectivity index (χ1) is 9.00. The van der Waals surface area contributed by atoms with Crippen LogP contribution in [-0.2, 0) is 11.3 Å². The first-order valence-corrected chi connectivity index (χ1v) is 6.73. The summed E-state index contributed by atoms with van der Waals surface area (Å²) in [5.74, 6) is 0.699. The van der Waals surface area contributed by atoms with E-state index in [1.165, 1.54) is 0 Å². The van der Waals surface area contributed by atoms with Crippen molar-refractivity contribution in [3.8, 4) is 11.5 Å². The minimum absolute atomic E-state index is 0.0391. The van der Waals surface area contributed by atoms with Gasteiger partial charge < -0.3 is 19.9 Å². The molecule has 1 atom stereocenters. The van der Waals surface area contributed by atoms with Crippen LogP contribution in [-0.4, -0.2) is 30.5 Å². The van der Waals surface area contributed by atoms with Crippen LogP contribution >= 0.6 is 0 Å². The van der Waals surface area contributed by atoms with Crippen LogP contribution in [0.5, 0.6) is 11.5 Å². The molecule has 106 valence electrons. The molecule has 1 fully saturated rings. The van der Waals surface area contributed by atoms with Crippen molar-refractivity contribution in [3.63, 3.8) is 0 Å². The second-order valence-corrected chi connectivity index (χ2v) is 5.68. The van der Waals surface area contributed by atoms with Gasteiger partial charge in [-0.25, -0.2) is 0 Å². The second-order valence-electron chi connectivity index (χ2n) is 5.68. The highest BCUT2D eigenvalue weighted by atomic mass is 16.5. The number of nitrogens with one attached hydrogen (secondary N) is 1. The summed E-state index contributed by atoms with van der Waals surface area (Å²) in [4.78, 5) is 0. The molecule has 0 saturated carbocycles. The highest BCUT2D eigenvalue weighted by Gasteiger charge is 2.28. The van der Waals surface area contributed by atoms with Gasteiger partial charge in [0.25, 0.3) is 0 Å². The lowest BCUT2D eigenvalue weighted by molar-refractivity contribution is -0.0630. The molecule has 0 bridgehead atoms. The first kappa shape index (κ1) is 14.2. The van der Waals surface area contributed by atoms with E-state index in [2.05, 4.69) is 19.2 Å². The Morgan fingerprint density at radius 1 is 1.47 bits per heavy atom. The maximum atomic E-state index is 9.56. The number of ether oxygens (including phenoxy) is 2. The zero-order valence-electron chi connectivity index (χ0n) is 11.9. The van der Waals surface area contributed by atoms with Gasteiger partial charge in [-0.3, -0.25) is 0 Å². The van der Waals surface area contributed by atoms with Crippen LogP contribution in [0.2, 0.25) is 0 Å². The second kappa shape index (κ2) is 5.80. The van der Waals surface area contributed by atoms with Crippen molar-refractivity contribution in [2.24, 2.45) is 0 Å². The van der Waals surface area contributed by atoms with Crippen molar-refractivity contribution in [1.29, 1.82) is 0 Å². The van der Waals surface area contributed by atoms with E-state index >= 15 is 0 Å². The van der Waals surface area contributed by atoms with Gasteiger partial charge >= 0.3 is 0 Å². The van der Waals surface area contributed by atoms with E-state index in [1.807, 2.05) is 12.1 Å². The predicted molar refractivity (Wildman–Crippen MR) is 74.6 cm³/mol. The fourth-order valence-corrected chi connectivity index (χ4v) is 2.50. The molecule has 2 rings (SSSR count). The fourth-order valence-electron chi connectivity index (χ4n) is 2.50. The number of benzene rings is 1. The molecule has 2 N–H and O–H groups in total. The van der Waals surface area contributed by atoms with Crippen molar-refractivity contribution >= 4 is 0 Å². The summed E-state index contributed by atoms with van der Waals surface area (Å²) in [5.41, 5.74) is 1.07. The molecule has 1 aromatic rings. The average molecular weight is 265 g/mol. The number of rotatable bonds is 4. The van der Waals surface area contributed by atoms with Crippen molar-refractivity contribution in [2.45, 2.75) is 44.9 Å². The van der Waals surface area contributed by atoms with Crippen LogP contribution in [0.25, 0.3) is 0 Å². The number of phenolic OH excluding ortho intramolecular Hbond substituents is 1. The quantitative estimate of drug-likeness (QED) is 0.878. The van der Waals surface area contributed by atoms with Gasteiger partial charge in [0.1, 0.15) is 0 Å². The van der Waals surface area contributed by atoms with Crippen molar-refractivity contribution in [3.05, 3.63) is 23.8 Å². The van der Waals surface area contributed by atoms with Gasteiger partial charge in [0.05, 0.1) is 12.7 Å². The highest BCUT2D eigenvalue weighted by Crippen LogP contribution is 2.27. The van der Waals surface area contributed by atoms with Gasteiger partial charge in [-0.15, -0.1) is 0 Å². The van der Waals surface area contributed by atoms with Gasteiger partial charge in [-0.2, -0.15) is 0 Å². The minimum Gasteiger partial charge on any atom is -0.504 e. The van der Waals surface area contributed by atoms with Crippen LogP contribution in [0.4, 0.5) is 0 Å². The minimum atomic E-state index is -0.0391. The third-order valence-corrected chi connectivity index (χ3v) is 3.54. The molecule has 4 heteroatoms. The van der Waals surface area contributed by atoms with E-state index < -0.39 is 0 Å². The largest absolute Gasteiger partial charge is 0.504 e. The van der Waals surface area contributed by atoms with Crippen LogP contribution in [0.3, 0.4) is 0 Å².